The van der Waals surface area contributed by atoms with Crippen molar-refractivity contribution in [3.63, 3.8) is 0 Å². The number of benzene rings is 2. The minimum atomic E-state index is -0.636. The van der Waals surface area contributed by atoms with Gasteiger partial charge in [-0.25, -0.2) is 0 Å². The van der Waals surface area contributed by atoms with Crippen molar-refractivity contribution in [2.24, 2.45) is 5.92 Å². The summed E-state index contributed by atoms with van der Waals surface area (Å²) in [5, 5.41) is 3.21. The van der Waals surface area contributed by atoms with Gasteiger partial charge in [0.2, 0.25) is 5.91 Å². The highest BCUT2D eigenvalue weighted by atomic mass is 16.5. The zero-order valence-corrected chi connectivity index (χ0v) is 19.5. The molecule has 0 spiro atoms. The molecule has 3 atom stereocenters. The number of nitrogens with zero attached hydrogens (tertiary/aromatic N) is 1. The molecule has 5 heteroatoms. The molecule has 0 saturated carbocycles. The van der Waals surface area contributed by atoms with E-state index in [9.17, 15) is 9.59 Å². The van der Waals surface area contributed by atoms with Crippen LogP contribution in [0.25, 0.3) is 0 Å². The zero-order chi connectivity index (χ0) is 23.1. The third-order valence-electron chi connectivity index (χ3n) is 5.97. The maximum atomic E-state index is 13.5. The quantitative estimate of drug-likeness (QED) is 0.717. The SMILES string of the molecule is CC(C)[C@@H]1C/C=C\C[C@@H](C)Oc2ccccc2C(=O)N(C)[C@@H](Cc2ccccc2)C(=O)N1. The Morgan fingerprint density at radius 1 is 1.00 bits per heavy atom. The summed E-state index contributed by atoms with van der Waals surface area (Å²) in [5.74, 6) is 0.448. The van der Waals surface area contributed by atoms with Crippen LogP contribution in [-0.2, 0) is 11.2 Å². The fraction of sp³-hybridized carbons (Fsp3) is 0.407. The Kier molecular flexibility index (Phi) is 8.09. The molecule has 5 nitrogen and oxygen atoms in total. The molecule has 2 amide bonds. The average Bonchev–Trinajstić information content (AvgIpc) is 2.78. The van der Waals surface area contributed by atoms with Crippen LogP contribution >= 0.6 is 0 Å². The molecule has 0 saturated heterocycles. The van der Waals surface area contributed by atoms with E-state index in [4.69, 9.17) is 4.74 Å². The van der Waals surface area contributed by atoms with Gasteiger partial charge >= 0.3 is 0 Å². The van der Waals surface area contributed by atoms with E-state index in [0.717, 1.165) is 18.4 Å². The molecule has 0 radical (unpaired) electrons. The Morgan fingerprint density at radius 2 is 1.66 bits per heavy atom. The standard InChI is InChI=1S/C27H34N2O3/c1-19(2)23-16-10-8-12-20(3)32-25-17-11-9-15-22(25)27(31)29(4)24(26(30)28-23)18-21-13-6-5-7-14-21/h5-11,13-15,17,19-20,23-24H,12,16,18H2,1-4H3,(H,28,30)/b10-8-/t20-,23+,24+/m1/s1. The molecule has 0 aromatic heterocycles. The number of hydrogen-bond acceptors (Lipinski definition) is 3. The van der Waals surface area contributed by atoms with E-state index in [1.807, 2.05) is 55.5 Å². The molecule has 1 aliphatic rings. The third-order valence-corrected chi connectivity index (χ3v) is 5.97. The Labute approximate surface area is 191 Å². The van der Waals surface area contributed by atoms with Crippen LogP contribution in [0.5, 0.6) is 5.75 Å². The number of fused-ring (bicyclic) bond motifs is 1. The van der Waals surface area contributed by atoms with Gasteiger partial charge < -0.3 is 15.0 Å². The van der Waals surface area contributed by atoms with Gasteiger partial charge in [-0.3, -0.25) is 9.59 Å². The molecule has 1 aliphatic heterocycles. The summed E-state index contributed by atoms with van der Waals surface area (Å²) in [4.78, 5) is 28.5. The van der Waals surface area contributed by atoms with Gasteiger partial charge in [-0.2, -0.15) is 0 Å². The number of ether oxygens (including phenoxy) is 1. The van der Waals surface area contributed by atoms with Gasteiger partial charge in [-0.15, -0.1) is 0 Å². The van der Waals surface area contributed by atoms with Gasteiger partial charge in [-0.1, -0.05) is 68.5 Å². The fourth-order valence-electron chi connectivity index (χ4n) is 3.89. The first-order valence-corrected chi connectivity index (χ1v) is 11.4. The monoisotopic (exact) mass is 434 g/mol. The average molecular weight is 435 g/mol. The van der Waals surface area contributed by atoms with E-state index in [1.165, 1.54) is 0 Å². The minimum absolute atomic E-state index is 0.00743. The molecule has 0 bridgehead atoms. The maximum absolute atomic E-state index is 13.5. The normalized spacial score (nSPS) is 23.7. The Hall–Kier alpha value is -3.08. The van der Waals surface area contributed by atoms with Crippen LogP contribution < -0.4 is 10.1 Å². The highest BCUT2D eigenvalue weighted by Crippen LogP contribution is 2.24. The Balaban J connectivity index is 2.00. The van der Waals surface area contributed by atoms with Crippen LogP contribution in [0, 0.1) is 5.92 Å². The number of hydrogen-bond donors (Lipinski definition) is 1. The fourth-order valence-corrected chi connectivity index (χ4v) is 3.89. The van der Waals surface area contributed by atoms with Gasteiger partial charge in [0.05, 0.1) is 11.7 Å². The van der Waals surface area contributed by atoms with E-state index in [2.05, 4.69) is 31.3 Å². The van der Waals surface area contributed by atoms with Crippen molar-refractivity contribution in [2.75, 3.05) is 7.05 Å². The van der Waals surface area contributed by atoms with Gasteiger partial charge in [0, 0.05) is 25.9 Å². The van der Waals surface area contributed by atoms with Crippen LogP contribution in [-0.4, -0.2) is 41.9 Å². The lowest BCUT2D eigenvalue weighted by atomic mass is 9.98. The van der Waals surface area contributed by atoms with Crippen LogP contribution in [0.2, 0.25) is 0 Å². The molecule has 170 valence electrons. The number of amides is 2. The van der Waals surface area contributed by atoms with Crippen LogP contribution in [0.3, 0.4) is 0 Å². The molecule has 32 heavy (non-hydrogen) atoms. The Morgan fingerprint density at radius 3 is 2.38 bits per heavy atom. The van der Waals surface area contributed by atoms with Crippen molar-refractivity contribution in [1.82, 2.24) is 10.2 Å². The predicted molar refractivity (Wildman–Crippen MR) is 128 cm³/mol. The number of para-hydroxylation sites is 1. The topological polar surface area (TPSA) is 58.6 Å². The minimum Gasteiger partial charge on any atom is -0.490 e. The second kappa shape index (κ2) is 11.0. The zero-order valence-electron chi connectivity index (χ0n) is 19.5. The van der Waals surface area contributed by atoms with Crippen LogP contribution in [0.15, 0.2) is 66.7 Å². The molecular weight excluding hydrogens is 400 g/mol. The molecule has 1 heterocycles. The second-order valence-electron chi connectivity index (χ2n) is 8.85. The molecule has 0 unspecified atom stereocenters. The van der Waals surface area contributed by atoms with Crippen molar-refractivity contribution in [3.8, 4) is 5.75 Å². The Bertz CT molecular complexity index is 939. The van der Waals surface area contributed by atoms with Crippen LogP contribution in [0.1, 0.15) is 49.5 Å². The highest BCUT2D eigenvalue weighted by molar-refractivity contribution is 5.99. The van der Waals surface area contributed by atoms with E-state index in [-0.39, 0.29) is 29.9 Å². The molecular formula is C27H34N2O3. The van der Waals surface area contributed by atoms with E-state index >= 15 is 0 Å². The van der Waals surface area contributed by atoms with Crippen molar-refractivity contribution in [2.45, 2.75) is 58.2 Å². The lowest BCUT2D eigenvalue weighted by Gasteiger charge is -2.31. The van der Waals surface area contributed by atoms with Gasteiger partial charge in [0.15, 0.2) is 0 Å². The summed E-state index contributed by atoms with van der Waals surface area (Å²) in [7, 11) is 1.70. The number of rotatable bonds is 3. The van der Waals surface area contributed by atoms with Gasteiger partial charge in [0.25, 0.3) is 5.91 Å². The number of carbonyl (C=O) groups is 2. The van der Waals surface area contributed by atoms with E-state index in [0.29, 0.717) is 17.7 Å². The summed E-state index contributed by atoms with van der Waals surface area (Å²) < 4.78 is 6.11. The third kappa shape index (κ3) is 6.00. The smallest absolute Gasteiger partial charge is 0.258 e. The number of nitrogens with one attached hydrogen (secondary N) is 1. The summed E-state index contributed by atoms with van der Waals surface area (Å²) >= 11 is 0. The van der Waals surface area contributed by atoms with Gasteiger partial charge in [0.1, 0.15) is 11.8 Å². The van der Waals surface area contributed by atoms with E-state index in [1.54, 1.807) is 18.0 Å². The first-order chi connectivity index (χ1) is 15.4. The lowest BCUT2D eigenvalue weighted by Crippen LogP contribution is -2.52. The molecule has 3 rings (SSSR count). The summed E-state index contributed by atoms with van der Waals surface area (Å²) in [6, 6.07) is 16.4. The first-order valence-electron chi connectivity index (χ1n) is 11.4. The number of likely N-dealkylation sites (N-methyl/N-ethyl adjacent to an activating group) is 1. The molecule has 2 aromatic carbocycles. The van der Waals surface area contributed by atoms with Crippen molar-refractivity contribution >= 4 is 11.8 Å². The first kappa shape index (κ1) is 23.6. The van der Waals surface area contributed by atoms with Crippen molar-refractivity contribution < 1.29 is 14.3 Å². The summed E-state index contributed by atoms with van der Waals surface area (Å²) in [6.45, 7) is 6.21. The van der Waals surface area contributed by atoms with E-state index < -0.39 is 6.04 Å². The van der Waals surface area contributed by atoms with Crippen LogP contribution in [0.4, 0.5) is 0 Å². The van der Waals surface area contributed by atoms with Crippen molar-refractivity contribution in [1.29, 1.82) is 0 Å². The predicted octanol–water partition coefficient (Wildman–Crippen LogP) is 4.63. The second-order valence-corrected chi connectivity index (χ2v) is 8.85. The molecule has 1 N–H and O–H groups in total. The van der Waals surface area contributed by atoms with Gasteiger partial charge in [-0.05, 0) is 37.0 Å². The number of carbonyl (C=O) groups excluding carboxylic acids is 2. The summed E-state index contributed by atoms with van der Waals surface area (Å²) in [5.41, 5.74) is 1.47. The highest BCUT2D eigenvalue weighted by Gasteiger charge is 2.31. The maximum Gasteiger partial charge on any atom is 0.258 e. The molecule has 2 aromatic rings. The molecule has 0 fully saturated rings. The molecule has 0 aliphatic carbocycles. The van der Waals surface area contributed by atoms with Crippen molar-refractivity contribution in [3.05, 3.63) is 77.9 Å². The lowest BCUT2D eigenvalue weighted by molar-refractivity contribution is -0.126. The largest absolute Gasteiger partial charge is 0.490 e. The summed E-state index contributed by atoms with van der Waals surface area (Å²) in [6.07, 6.45) is 6.05.